The molecule has 0 atom stereocenters. The number of benzene rings is 2. The van der Waals surface area contributed by atoms with Gasteiger partial charge in [-0.2, -0.15) is 0 Å². The van der Waals surface area contributed by atoms with E-state index in [9.17, 15) is 0 Å². The molecule has 6 heteroatoms. The predicted octanol–water partition coefficient (Wildman–Crippen LogP) is 3.99. The van der Waals surface area contributed by atoms with Crippen LogP contribution in [0.2, 0.25) is 0 Å². The lowest BCUT2D eigenvalue weighted by Crippen LogP contribution is -2.37. The Morgan fingerprint density at radius 2 is 1.70 bits per heavy atom. The molecule has 0 radical (unpaired) electrons. The van der Waals surface area contributed by atoms with Crippen LogP contribution in [0.1, 0.15) is 17.8 Å². The molecular weight excluding hydrogens is 449 g/mol. The van der Waals surface area contributed by atoms with Crippen molar-refractivity contribution in [3.05, 3.63) is 78.2 Å². The molecular formula is C21H26IN5. The van der Waals surface area contributed by atoms with Gasteiger partial charge in [-0.15, -0.1) is 24.0 Å². The van der Waals surface area contributed by atoms with E-state index in [2.05, 4.69) is 62.0 Å². The highest BCUT2D eigenvalue weighted by molar-refractivity contribution is 14.0. The molecule has 0 spiro atoms. The summed E-state index contributed by atoms with van der Waals surface area (Å²) >= 11 is 0. The van der Waals surface area contributed by atoms with E-state index in [0.29, 0.717) is 6.54 Å². The van der Waals surface area contributed by atoms with Crippen LogP contribution in [0.15, 0.2) is 71.9 Å². The summed E-state index contributed by atoms with van der Waals surface area (Å²) in [5.74, 6) is 1.67. The van der Waals surface area contributed by atoms with Gasteiger partial charge in [0.1, 0.15) is 5.82 Å². The average molecular weight is 475 g/mol. The third-order valence-electron chi connectivity index (χ3n) is 4.14. The molecule has 0 fully saturated rings. The molecule has 142 valence electrons. The van der Waals surface area contributed by atoms with Gasteiger partial charge >= 0.3 is 0 Å². The largest absolute Gasteiger partial charge is 0.356 e. The number of aromatic amines is 1. The molecule has 1 heterocycles. The van der Waals surface area contributed by atoms with Gasteiger partial charge in [0.25, 0.3) is 0 Å². The van der Waals surface area contributed by atoms with Gasteiger partial charge in [0.15, 0.2) is 5.96 Å². The van der Waals surface area contributed by atoms with Crippen molar-refractivity contribution >= 4 is 29.9 Å². The fourth-order valence-corrected chi connectivity index (χ4v) is 2.75. The van der Waals surface area contributed by atoms with Crippen LogP contribution in [0.5, 0.6) is 0 Å². The predicted molar refractivity (Wildman–Crippen MR) is 122 cm³/mol. The first-order valence-corrected chi connectivity index (χ1v) is 8.93. The van der Waals surface area contributed by atoms with E-state index >= 15 is 0 Å². The zero-order valence-corrected chi connectivity index (χ0v) is 17.8. The van der Waals surface area contributed by atoms with Gasteiger partial charge in [-0.25, -0.2) is 4.98 Å². The first-order chi connectivity index (χ1) is 12.8. The maximum absolute atomic E-state index is 4.43. The van der Waals surface area contributed by atoms with Crippen LogP contribution in [-0.4, -0.2) is 29.5 Å². The third-order valence-corrected chi connectivity index (χ3v) is 4.14. The second kappa shape index (κ2) is 11.4. The van der Waals surface area contributed by atoms with Gasteiger partial charge in [-0.05, 0) is 24.0 Å². The molecule has 3 rings (SSSR count). The second-order valence-corrected chi connectivity index (χ2v) is 6.05. The van der Waals surface area contributed by atoms with E-state index in [4.69, 9.17) is 0 Å². The number of hydrogen-bond acceptors (Lipinski definition) is 2. The number of halogens is 1. The first kappa shape index (κ1) is 21.0. The lowest BCUT2D eigenvalue weighted by atomic mass is 10.1. The molecule has 2 aromatic carbocycles. The highest BCUT2D eigenvalue weighted by atomic mass is 127. The van der Waals surface area contributed by atoms with Crippen molar-refractivity contribution in [2.45, 2.75) is 19.4 Å². The van der Waals surface area contributed by atoms with Crippen LogP contribution in [0.3, 0.4) is 0 Å². The Morgan fingerprint density at radius 1 is 1.00 bits per heavy atom. The number of rotatable bonds is 7. The standard InChI is InChI=1S/C21H25N5.HI/c1-22-21(23-14-8-11-17-9-4-2-5-10-17)25-16-20-24-15-19(26-20)18-12-6-3-7-13-18;/h2-7,9-10,12-13,15H,8,11,14,16H2,1H3,(H,24,26)(H2,22,23,25);1H. The Labute approximate surface area is 177 Å². The number of aliphatic imine (C=N–C) groups is 1. The quantitative estimate of drug-likeness (QED) is 0.210. The van der Waals surface area contributed by atoms with Crippen LogP contribution in [0, 0.1) is 0 Å². The van der Waals surface area contributed by atoms with Gasteiger partial charge in [-0.1, -0.05) is 60.7 Å². The van der Waals surface area contributed by atoms with Crippen molar-refractivity contribution in [1.29, 1.82) is 0 Å². The summed E-state index contributed by atoms with van der Waals surface area (Å²) in [4.78, 5) is 12.0. The summed E-state index contributed by atoms with van der Waals surface area (Å²) in [7, 11) is 1.78. The van der Waals surface area contributed by atoms with Crippen molar-refractivity contribution in [2.24, 2.45) is 4.99 Å². The molecule has 0 saturated carbocycles. The molecule has 0 unspecified atom stereocenters. The monoisotopic (exact) mass is 475 g/mol. The van der Waals surface area contributed by atoms with E-state index in [0.717, 1.165) is 42.4 Å². The fourth-order valence-electron chi connectivity index (χ4n) is 2.75. The molecule has 0 saturated heterocycles. The number of nitrogens with one attached hydrogen (secondary N) is 3. The van der Waals surface area contributed by atoms with Crippen molar-refractivity contribution < 1.29 is 0 Å². The van der Waals surface area contributed by atoms with E-state index < -0.39 is 0 Å². The number of nitrogens with zero attached hydrogens (tertiary/aromatic N) is 2. The maximum Gasteiger partial charge on any atom is 0.191 e. The Morgan fingerprint density at radius 3 is 2.41 bits per heavy atom. The number of hydrogen-bond donors (Lipinski definition) is 3. The Kier molecular flexibility index (Phi) is 8.83. The molecule has 0 aliphatic heterocycles. The van der Waals surface area contributed by atoms with E-state index in [1.807, 2.05) is 30.5 Å². The third kappa shape index (κ3) is 6.71. The molecule has 0 aliphatic carbocycles. The Balaban J connectivity index is 0.00000261. The number of aromatic nitrogens is 2. The highest BCUT2D eigenvalue weighted by Gasteiger charge is 2.04. The number of aryl methyl sites for hydroxylation is 1. The summed E-state index contributed by atoms with van der Waals surface area (Å²) in [6.45, 7) is 1.48. The first-order valence-electron chi connectivity index (χ1n) is 8.93. The zero-order chi connectivity index (χ0) is 18.0. The van der Waals surface area contributed by atoms with E-state index in [1.54, 1.807) is 7.05 Å². The summed E-state index contributed by atoms with van der Waals surface area (Å²) in [5, 5.41) is 6.64. The van der Waals surface area contributed by atoms with Gasteiger partial charge < -0.3 is 15.6 Å². The van der Waals surface area contributed by atoms with Crippen molar-refractivity contribution in [3.8, 4) is 11.3 Å². The lowest BCUT2D eigenvalue weighted by Gasteiger charge is -2.11. The molecule has 0 aliphatic rings. The van der Waals surface area contributed by atoms with Gasteiger partial charge in [0, 0.05) is 13.6 Å². The van der Waals surface area contributed by atoms with Crippen LogP contribution in [0.4, 0.5) is 0 Å². The van der Waals surface area contributed by atoms with Crippen LogP contribution >= 0.6 is 24.0 Å². The summed E-state index contributed by atoms with van der Waals surface area (Å²) in [5.41, 5.74) is 3.52. The van der Waals surface area contributed by atoms with Crippen molar-refractivity contribution in [2.75, 3.05) is 13.6 Å². The smallest absolute Gasteiger partial charge is 0.191 e. The minimum atomic E-state index is 0. The normalized spacial score (nSPS) is 10.9. The molecule has 0 bridgehead atoms. The average Bonchev–Trinajstić information content (AvgIpc) is 3.18. The zero-order valence-electron chi connectivity index (χ0n) is 15.5. The number of imidazole rings is 1. The SMILES string of the molecule is CN=C(NCCCc1ccccc1)NCc1ncc(-c2ccccc2)[nH]1.I. The number of guanidine groups is 1. The molecule has 0 amide bonds. The van der Waals surface area contributed by atoms with Crippen LogP contribution in [-0.2, 0) is 13.0 Å². The van der Waals surface area contributed by atoms with E-state index in [-0.39, 0.29) is 24.0 Å². The van der Waals surface area contributed by atoms with E-state index in [1.165, 1.54) is 5.56 Å². The highest BCUT2D eigenvalue weighted by Crippen LogP contribution is 2.15. The fraction of sp³-hybridized carbons (Fsp3) is 0.238. The lowest BCUT2D eigenvalue weighted by molar-refractivity contribution is 0.734. The van der Waals surface area contributed by atoms with Crippen LogP contribution < -0.4 is 10.6 Å². The minimum Gasteiger partial charge on any atom is -0.356 e. The molecule has 1 aromatic heterocycles. The van der Waals surface area contributed by atoms with Crippen molar-refractivity contribution in [1.82, 2.24) is 20.6 Å². The topological polar surface area (TPSA) is 65.1 Å². The Hall–Kier alpha value is -2.35. The summed E-state index contributed by atoms with van der Waals surface area (Å²) < 4.78 is 0. The van der Waals surface area contributed by atoms with Gasteiger partial charge in [0.05, 0.1) is 18.4 Å². The van der Waals surface area contributed by atoms with Crippen molar-refractivity contribution in [3.63, 3.8) is 0 Å². The second-order valence-electron chi connectivity index (χ2n) is 6.05. The molecule has 5 nitrogen and oxygen atoms in total. The minimum absolute atomic E-state index is 0. The van der Waals surface area contributed by atoms with Crippen LogP contribution in [0.25, 0.3) is 11.3 Å². The Bertz CT molecular complexity index is 815. The maximum atomic E-state index is 4.43. The molecule has 27 heavy (non-hydrogen) atoms. The summed E-state index contributed by atoms with van der Waals surface area (Å²) in [6, 6.07) is 20.7. The summed E-state index contributed by atoms with van der Waals surface area (Å²) in [6.07, 6.45) is 3.98. The number of H-pyrrole nitrogens is 1. The van der Waals surface area contributed by atoms with Gasteiger partial charge in [0.2, 0.25) is 0 Å². The van der Waals surface area contributed by atoms with Gasteiger partial charge in [-0.3, -0.25) is 4.99 Å². The molecule has 3 aromatic rings. The molecule has 3 N–H and O–H groups in total.